The maximum absolute atomic E-state index is 13.5. The first kappa shape index (κ1) is 20.6. The number of nitrogens with zero attached hydrogens (tertiary/aromatic N) is 2. The number of piperidine rings is 2. The zero-order chi connectivity index (χ0) is 22.1. The van der Waals surface area contributed by atoms with Crippen LogP contribution < -0.4 is 10.9 Å². The van der Waals surface area contributed by atoms with Gasteiger partial charge in [-0.05, 0) is 77.8 Å². The molecular weight excluding hydrogens is 390 g/mol. The molecule has 3 heterocycles. The summed E-state index contributed by atoms with van der Waals surface area (Å²) in [7, 11) is 0. The minimum atomic E-state index is -0.430. The molecule has 2 saturated heterocycles. The summed E-state index contributed by atoms with van der Waals surface area (Å²) in [6, 6.07) is 8.61. The van der Waals surface area contributed by atoms with E-state index in [1.807, 2.05) is 32.0 Å². The Balaban J connectivity index is 1.53. The van der Waals surface area contributed by atoms with E-state index in [0.29, 0.717) is 34.9 Å². The Hall–Kier alpha value is -2.34. The molecular formula is C25H33N3O3. The first-order chi connectivity index (χ1) is 14.7. The molecule has 4 aliphatic rings. The second-order valence-electron chi connectivity index (χ2n) is 10.5. The highest BCUT2D eigenvalue weighted by Gasteiger charge is 2.55. The number of fused-ring (bicyclic) bond motifs is 1. The molecule has 0 radical (unpaired) electrons. The Morgan fingerprint density at radius 2 is 1.71 bits per heavy atom. The summed E-state index contributed by atoms with van der Waals surface area (Å²) in [4.78, 5) is 29.5. The topological polar surface area (TPSA) is 74.6 Å². The third-order valence-corrected chi connectivity index (χ3v) is 7.79. The number of hydrogen-bond acceptors (Lipinski definition) is 4. The molecule has 2 atom stereocenters. The molecule has 6 rings (SSSR count). The lowest BCUT2D eigenvalue weighted by molar-refractivity contribution is -0.0938. The Morgan fingerprint density at radius 3 is 2.32 bits per heavy atom. The summed E-state index contributed by atoms with van der Waals surface area (Å²) < 4.78 is 1.62. The summed E-state index contributed by atoms with van der Waals surface area (Å²) >= 11 is 0. The first-order valence-electron chi connectivity index (χ1n) is 11.7. The Kier molecular flexibility index (Phi) is 4.70. The highest BCUT2D eigenvalue weighted by molar-refractivity contribution is 6.02. The highest BCUT2D eigenvalue weighted by Crippen LogP contribution is 2.52. The lowest BCUT2D eigenvalue weighted by Gasteiger charge is -2.62. The molecule has 1 aromatic carbocycles. The van der Waals surface area contributed by atoms with Crippen molar-refractivity contribution in [3.8, 4) is 5.75 Å². The number of carbonyl (C=O) groups excluding carboxylic acids is 1. The smallest absolute Gasteiger partial charge is 0.267 e. The maximum atomic E-state index is 13.5. The van der Waals surface area contributed by atoms with E-state index in [1.54, 1.807) is 10.6 Å². The largest absolute Gasteiger partial charge is 0.506 e. The Labute approximate surface area is 183 Å². The van der Waals surface area contributed by atoms with E-state index in [0.717, 1.165) is 19.3 Å². The normalized spacial score (nSPS) is 29.9. The van der Waals surface area contributed by atoms with Gasteiger partial charge in [-0.1, -0.05) is 12.1 Å². The molecule has 0 spiro atoms. The van der Waals surface area contributed by atoms with Gasteiger partial charge in [0.15, 0.2) is 0 Å². The van der Waals surface area contributed by atoms with E-state index in [2.05, 4.69) is 24.1 Å². The predicted octanol–water partition coefficient (Wildman–Crippen LogP) is 3.81. The molecule has 1 amide bonds. The maximum Gasteiger partial charge on any atom is 0.267 e. The minimum Gasteiger partial charge on any atom is -0.506 e. The molecule has 4 bridgehead atoms. The molecule has 166 valence electrons. The molecule has 6 heteroatoms. The van der Waals surface area contributed by atoms with Crippen LogP contribution in [0.2, 0.25) is 0 Å². The van der Waals surface area contributed by atoms with Gasteiger partial charge in [0, 0.05) is 35.1 Å². The number of aromatic hydroxyl groups is 1. The van der Waals surface area contributed by atoms with E-state index in [1.165, 1.54) is 12.8 Å². The third-order valence-electron chi connectivity index (χ3n) is 7.79. The van der Waals surface area contributed by atoms with Gasteiger partial charge in [-0.15, -0.1) is 0 Å². The molecule has 2 aliphatic heterocycles. The highest BCUT2D eigenvalue weighted by atomic mass is 16.3. The van der Waals surface area contributed by atoms with Crippen molar-refractivity contribution >= 4 is 16.8 Å². The van der Waals surface area contributed by atoms with Crippen molar-refractivity contribution in [3.63, 3.8) is 0 Å². The number of rotatable bonds is 4. The van der Waals surface area contributed by atoms with Crippen LogP contribution in [0.5, 0.6) is 5.75 Å². The Bertz CT molecular complexity index is 1090. The summed E-state index contributed by atoms with van der Waals surface area (Å²) in [5.41, 5.74) is -0.161. The number of pyridine rings is 1. The van der Waals surface area contributed by atoms with E-state index in [-0.39, 0.29) is 22.9 Å². The fraction of sp³-hybridized carbons (Fsp3) is 0.600. The fourth-order valence-electron chi connectivity index (χ4n) is 7.02. The minimum absolute atomic E-state index is 0.121. The van der Waals surface area contributed by atoms with Crippen molar-refractivity contribution in [3.05, 3.63) is 40.2 Å². The van der Waals surface area contributed by atoms with E-state index in [4.69, 9.17) is 0 Å². The van der Waals surface area contributed by atoms with Crippen LogP contribution in [0.4, 0.5) is 0 Å². The van der Waals surface area contributed by atoms with E-state index >= 15 is 0 Å². The lowest BCUT2D eigenvalue weighted by atomic mass is 9.59. The quantitative estimate of drug-likeness (QED) is 0.784. The van der Waals surface area contributed by atoms with Crippen LogP contribution >= 0.6 is 0 Å². The van der Waals surface area contributed by atoms with Gasteiger partial charge in [-0.3, -0.25) is 14.5 Å². The van der Waals surface area contributed by atoms with Gasteiger partial charge in [0.25, 0.3) is 11.5 Å². The van der Waals surface area contributed by atoms with Crippen LogP contribution in [0.3, 0.4) is 0 Å². The van der Waals surface area contributed by atoms with Crippen molar-refractivity contribution in [2.24, 2.45) is 5.92 Å². The van der Waals surface area contributed by atoms with Crippen molar-refractivity contribution in [1.82, 2.24) is 14.8 Å². The number of amides is 1. The van der Waals surface area contributed by atoms with Crippen LogP contribution in [0, 0.1) is 5.92 Å². The van der Waals surface area contributed by atoms with Gasteiger partial charge < -0.3 is 15.0 Å². The van der Waals surface area contributed by atoms with Gasteiger partial charge in [0.05, 0.1) is 5.52 Å². The number of aromatic nitrogens is 1. The zero-order valence-corrected chi connectivity index (χ0v) is 18.9. The van der Waals surface area contributed by atoms with Gasteiger partial charge in [-0.2, -0.15) is 0 Å². The number of benzene rings is 1. The van der Waals surface area contributed by atoms with Gasteiger partial charge in [0.1, 0.15) is 11.3 Å². The molecule has 2 saturated carbocycles. The summed E-state index contributed by atoms with van der Waals surface area (Å²) in [6.45, 7) is 8.36. The summed E-state index contributed by atoms with van der Waals surface area (Å²) in [6.07, 6.45) is 5.24. The molecule has 1 aromatic heterocycles. The number of carbonyl (C=O) groups is 1. The van der Waals surface area contributed by atoms with Crippen molar-refractivity contribution in [1.29, 1.82) is 0 Å². The van der Waals surface area contributed by atoms with Crippen molar-refractivity contribution in [2.45, 2.75) is 89.5 Å². The standard InChI is InChI=1S/C25H33N3O3/c1-14(2)27-17-9-16-10-18(27)13-25(11-16,12-17)26-23(30)21-22(29)19-7-5-6-8-20(19)28(15(3)4)24(21)31/h5-8,14-18,29H,9-13H2,1-4H3,(H,26,30). The van der Waals surface area contributed by atoms with Crippen molar-refractivity contribution < 1.29 is 9.90 Å². The molecule has 31 heavy (non-hydrogen) atoms. The molecule has 6 nitrogen and oxygen atoms in total. The monoisotopic (exact) mass is 423 g/mol. The zero-order valence-electron chi connectivity index (χ0n) is 18.9. The van der Waals surface area contributed by atoms with E-state index < -0.39 is 11.5 Å². The average molecular weight is 424 g/mol. The summed E-state index contributed by atoms with van der Waals surface area (Å²) in [5, 5.41) is 14.8. The van der Waals surface area contributed by atoms with Crippen LogP contribution in [0.25, 0.3) is 10.9 Å². The van der Waals surface area contributed by atoms with Crippen molar-refractivity contribution in [2.75, 3.05) is 0 Å². The molecule has 2 unspecified atom stereocenters. The van der Waals surface area contributed by atoms with Gasteiger partial charge >= 0.3 is 0 Å². The third kappa shape index (κ3) is 3.10. The second kappa shape index (κ2) is 7.09. The predicted molar refractivity (Wildman–Crippen MR) is 122 cm³/mol. The lowest BCUT2D eigenvalue weighted by Crippen LogP contribution is -2.70. The van der Waals surface area contributed by atoms with Crippen LogP contribution in [0.15, 0.2) is 29.1 Å². The Morgan fingerprint density at radius 1 is 1.06 bits per heavy atom. The first-order valence-corrected chi connectivity index (χ1v) is 11.7. The number of hydrogen-bond donors (Lipinski definition) is 2. The van der Waals surface area contributed by atoms with Gasteiger partial charge in [-0.25, -0.2) is 0 Å². The SMILES string of the molecule is CC(C)N1C2CC3CC1CC(NC(=O)c1c(O)c4ccccc4n(C(C)C)c1=O)(C3)C2. The van der Waals surface area contributed by atoms with Gasteiger partial charge in [0.2, 0.25) is 0 Å². The molecule has 2 aromatic rings. The summed E-state index contributed by atoms with van der Waals surface area (Å²) in [5.74, 6) is -0.00504. The average Bonchev–Trinajstić information content (AvgIpc) is 2.66. The van der Waals surface area contributed by atoms with Crippen LogP contribution in [-0.4, -0.2) is 44.1 Å². The fourth-order valence-corrected chi connectivity index (χ4v) is 7.02. The molecule has 4 fully saturated rings. The number of para-hydroxylation sites is 1. The molecule has 2 aliphatic carbocycles. The van der Waals surface area contributed by atoms with Crippen LogP contribution in [0.1, 0.15) is 76.2 Å². The van der Waals surface area contributed by atoms with E-state index in [9.17, 15) is 14.7 Å². The number of nitrogens with one attached hydrogen (secondary N) is 1. The second-order valence-corrected chi connectivity index (χ2v) is 10.5. The van der Waals surface area contributed by atoms with Crippen LogP contribution in [-0.2, 0) is 0 Å². The molecule has 2 N–H and O–H groups in total.